The second-order valence-electron chi connectivity index (χ2n) is 3.67. The van der Waals surface area contributed by atoms with Crippen LogP contribution >= 0.6 is 11.3 Å². The van der Waals surface area contributed by atoms with E-state index >= 15 is 0 Å². The average Bonchev–Trinajstić information content (AvgIpc) is 2.81. The van der Waals surface area contributed by atoms with E-state index < -0.39 is 0 Å². The summed E-state index contributed by atoms with van der Waals surface area (Å²) in [7, 11) is 3.68. The van der Waals surface area contributed by atoms with Crippen LogP contribution in [0.4, 0.5) is 0 Å². The van der Waals surface area contributed by atoms with Crippen molar-refractivity contribution in [3.63, 3.8) is 0 Å². The molecule has 0 amide bonds. The summed E-state index contributed by atoms with van der Waals surface area (Å²) in [6.45, 7) is 2.10. The lowest BCUT2D eigenvalue weighted by Crippen LogP contribution is -2.31. The Kier molecular flexibility index (Phi) is 7.42. The van der Waals surface area contributed by atoms with Gasteiger partial charge < -0.3 is 14.8 Å². The smallest absolute Gasteiger partial charge is 0.0701 e. The Bertz CT molecular complexity index is 252. The maximum atomic E-state index is 5.51. The monoisotopic (exact) mass is 243 g/mol. The van der Waals surface area contributed by atoms with Crippen LogP contribution in [0.15, 0.2) is 17.5 Å². The van der Waals surface area contributed by atoms with Gasteiger partial charge in [0.05, 0.1) is 19.8 Å². The molecule has 0 spiro atoms. The summed E-state index contributed by atoms with van der Waals surface area (Å²) in [6.07, 6.45) is 2.24. The number of ether oxygens (including phenoxy) is 2. The van der Waals surface area contributed by atoms with Crippen molar-refractivity contribution in [2.45, 2.75) is 18.9 Å². The third-order valence-electron chi connectivity index (χ3n) is 2.48. The van der Waals surface area contributed by atoms with E-state index in [1.165, 1.54) is 4.88 Å². The minimum absolute atomic E-state index is 0.430. The molecule has 0 saturated heterocycles. The maximum Gasteiger partial charge on any atom is 0.0701 e. The Morgan fingerprint density at radius 2 is 2.31 bits per heavy atom. The molecule has 0 aliphatic rings. The Morgan fingerprint density at radius 1 is 1.44 bits per heavy atom. The molecule has 3 nitrogen and oxygen atoms in total. The van der Waals surface area contributed by atoms with Crippen LogP contribution in [0.1, 0.15) is 11.3 Å². The van der Waals surface area contributed by atoms with Crippen molar-refractivity contribution in [2.75, 3.05) is 34.0 Å². The maximum absolute atomic E-state index is 5.51. The molecule has 1 heterocycles. The third kappa shape index (κ3) is 5.61. The van der Waals surface area contributed by atoms with E-state index in [1.54, 1.807) is 7.11 Å². The number of thiophene rings is 1. The molecule has 0 aliphatic heterocycles. The first-order chi connectivity index (χ1) is 7.86. The van der Waals surface area contributed by atoms with Crippen LogP contribution in [0, 0.1) is 0 Å². The molecule has 92 valence electrons. The van der Waals surface area contributed by atoms with Crippen molar-refractivity contribution in [2.24, 2.45) is 0 Å². The minimum atomic E-state index is 0.430. The molecule has 16 heavy (non-hydrogen) atoms. The fourth-order valence-electron chi connectivity index (χ4n) is 1.45. The molecule has 4 heteroatoms. The fraction of sp³-hybridized carbons (Fsp3) is 0.667. The van der Waals surface area contributed by atoms with E-state index in [4.69, 9.17) is 9.47 Å². The van der Waals surface area contributed by atoms with Gasteiger partial charge in [-0.1, -0.05) is 6.07 Å². The fourth-order valence-corrected chi connectivity index (χ4v) is 2.17. The first-order valence-electron chi connectivity index (χ1n) is 5.63. The summed E-state index contributed by atoms with van der Waals surface area (Å²) in [5.74, 6) is 0. The van der Waals surface area contributed by atoms with E-state index in [1.807, 2.05) is 18.4 Å². The van der Waals surface area contributed by atoms with Gasteiger partial charge >= 0.3 is 0 Å². The van der Waals surface area contributed by atoms with Gasteiger partial charge in [0.2, 0.25) is 0 Å². The van der Waals surface area contributed by atoms with E-state index in [0.717, 1.165) is 19.4 Å². The average molecular weight is 243 g/mol. The van der Waals surface area contributed by atoms with Crippen molar-refractivity contribution in [3.05, 3.63) is 22.4 Å². The summed E-state index contributed by atoms with van der Waals surface area (Å²) in [5, 5.41) is 5.40. The van der Waals surface area contributed by atoms with E-state index in [0.29, 0.717) is 19.3 Å². The molecule has 1 unspecified atom stereocenters. The number of hydrogen-bond donors (Lipinski definition) is 1. The summed E-state index contributed by atoms with van der Waals surface area (Å²) >= 11 is 1.82. The first-order valence-corrected chi connectivity index (χ1v) is 6.51. The third-order valence-corrected chi connectivity index (χ3v) is 3.41. The highest BCUT2D eigenvalue weighted by Crippen LogP contribution is 2.12. The van der Waals surface area contributed by atoms with Crippen LogP contribution < -0.4 is 5.32 Å². The minimum Gasteiger partial charge on any atom is -0.382 e. The summed E-state index contributed by atoms with van der Waals surface area (Å²) in [4.78, 5) is 1.44. The normalized spacial score (nSPS) is 12.9. The van der Waals surface area contributed by atoms with E-state index in [-0.39, 0.29) is 0 Å². The van der Waals surface area contributed by atoms with Crippen LogP contribution in [0.2, 0.25) is 0 Å². The topological polar surface area (TPSA) is 30.5 Å². The second-order valence-corrected chi connectivity index (χ2v) is 4.70. The number of methoxy groups -OCH3 is 1. The van der Waals surface area contributed by atoms with Gasteiger partial charge in [0, 0.05) is 18.0 Å². The zero-order valence-corrected chi connectivity index (χ0v) is 10.9. The lowest BCUT2D eigenvalue weighted by Gasteiger charge is -2.15. The summed E-state index contributed by atoms with van der Waals surface area (Å²) in [6, 6.07) is 4.71. The van der Waals surface area contributed by atoms with Crippen molar-refractivity contribution < 1.29 is 9.47 Å². The van der Waals surface area contributed by atoms with Gasteiger partial charge in [-0.15, -0.1) is 11.3 Å². The Labute approximate surface area is 102 Å². The Morgan fingerprint density at radius 3 is 2.94 bits per heavy atom. The highest BCUT2D eigenvalue weighted by Gasteiger charge is 2.06. The highest BCUT2D eigenvalue weighted by atomic mass is 32.1. The molecule has 1 aromatic heterocycles. The van der Waals surface area contributed by atoms with Crippen LogP contribution in [-0.2, 0) is 15.9 Å². The van der Waals surface area contributed by atoms with Crippen LogP contribution in [-0.4, -0.2) is 40.0 Å². The van der Waals surface area contributed by atoms with Crippen LogP contribution in [0.3, 0.4) is 0 Å². The van der Waals surface area contributed by atoms with Crippen LogP contribution in [0.25, 0.3) is 0 Å². The SMILES string of the molecule is CNC(CCc1cccs1)COCCOC. The second kappa shape index (κ2) is 8.70. The van der Waals surface area contributed by atoms with E-state index in [9.17, 15) is 0 Å². The Balaban J connectivity index is 2.11. The van der Waals surface area contributed by atoms with Gasteiger partial charge in [-0.25, -0.2) is 0 Å². The molecule has 0 fully saturated rings. The van der Waals surface area contributed by atoms with Gasteiger partial charge in [0.15, 0.2) is 0 Å². The molecule has 0 aromatic carbocycles. The van der Waals surface area contributed by atoms with Gasteiger partial charge in [0.1, 0.15) is 0 Å². The molecule has 0 saturated carbocycles. The lowest BCUT2D eigenvalue weighted by molar-refractivity contribution is 0.0586. The zero-order chi connectivity index (χ0) is 11.6. The first kappa shape index (κ1) is 13.6. The van der Waals surface area contributed by atoms with Crippen molar-refractivity contribution >= 4 is 11.3 Å². The van der Waals surface area contributed by atoms with Gasteiger partial charge in [0.25, 0.3) is 0 Å². The van der Waals surface area contributed by atoms with Crippen molar-refractivity contribution in [1.82, 2.24) is 5.32 Å². The van der Waals surface area contributed by atoms with Crippen molar-refractivity contribution in [3.8, 4) is 0 Å². The molecular formula is C12H21NO2S. The number of aryl methyl sites for hydroxylation is 1. The van der Waals surface area contributed by atoms with E-state index in [2.05, 4.69) is 22.8 Å². The van der Waals surface area contributed by atoms with Gasteiger partial charge in [-0.2, -0.15) is 0 Å². The van der Waals surface area contributed by atoms with Gasteiger partial charge in [-0.05, 0) is 31.3 Å². The van der Waals surface area contributed by atoms with Crippen molar-refractivity contribution in [1.29, 1.82) is 0 Å². The number of hydrogen-bond acceptors (Lipinski definition) is 4. The highest BCUT2D eigenvalue weighted by molar-refractivity contribution is 7.09. The molecular weight excluding hydrogens is 222 g/mol. The van der Waals surface area contributed by atoms with Gasteiger partial charge in [-0.3, -0.25) is 0 Å². The molecule has 1 atom stereocenters. The summed E-state index contributed by atoms with van der Waals surface area (Å²) < 4.78 is 10.4. The Hall–Kier alpha value is -0.420. The standard InChI is InChI=1S/C12H21NO2S/c1-13-11(10-15-8-7-14-2)5-6-12-4-3-9-16-12/h3-4,9,11,13H,5-8,10H2,1-2H3. The lowest BCUT2D eigenvalue weighted by atomic mass is 10.1. The quantitative estimate of drug-likeness (QED) is 0.672. The van der Waals surface area contributed by atoms with Crippen LogP contribution in [0.5, 0.6) is 0 Å². The molecule has 0 bridgehead atoms. The molecule has 1 N–H and O–H groups in total. The summed E-state index contributed by atoms with van der Waals surface area (Å²) in [5.41, 5.74) is 0. The largest absolute Gasteiger partial charge is 0.382 e. The predicted octanol–water partition coefficient (Wildman–Crippen LogP) is 1.93. The number of rotatable bonds is 9. The number of likely N-dealkylation sites (N-methyl/N-ethyl adjacent to an activating group) is 1. The zero-order valence-electron chi connectivity index (χ0n) is 10.1. The number of nitrogens with one attached hydrogen (secondary N) is 1. The molecule has 1 aromatic rings. The molecule has 0 aliphatic carbocycles. The molecule has 0 radical (unpaired) electrons. The molecule has 1 rings (SSSR count). The predicted molar refractivity (Wildman–Crippen MR) is 68.2 cm³/mol.